The summed E-state index contributed by atoms with van der Waals surface area (Å²) in [6.07, 6.45) is -6.08. The van der Waals surface area contributed by atoms with E-state index in [4.69, 9.17) is 5.26 Å². The number of rotatable bonds is 2. The molecule has 0 aromatic heterocycles. The fourth-order valence-corrected chi connectivity index (χ4v) is 1.02. The number of nitrogens with zero attached hydrogens (tertiary/aromatic N) is 1. The normalized spacial score (nSPS) is 11.8. The summed E-state index contributed by atoms with van der Waals surface area (Å²) in [7, 11) is 0. The molecular formula is C10H4F6N2O. The van der Waals surface area contributed by atoms with Crippen molar-refractivity contribution in [2.24, 2.45) is 0 Å². The fourth-order valence-electron chi connectivity index (χ4n) is 1.02. The summed E-state index contributed by atoms with van der Waals surface area (Å²) in [5, 5.41) is 9.51. The molecule has 0 aliphatic heterocycles. The standard InChI is InChI=1S/C10H4F6N2O/c11-6-3-5(4-17)1-2-7(6)18-8(19)9(12,13)10(14,15)16/h1-3H,(H,18,19). The van der Waals surface area contributed by atoms with Crippen LogP contribution < -0.4 is 5.32 Å². The molecule has 3 nitrogen and oxygen atoms in total. The van der Waals surface area contributed by atoms with Crippen LogP contribution in [0.25, 0.3) is 0 Å². The van der Waals surface area contributed by atoms with Crippen molar-refractivity contribution in [2.75, 3.05) is 5.32 Å². The maximum atomic E-state index is 13.2. The average Bonchev–Trinajstić information content (AvgIpc) is 2.30. The van der Waals surface area contributed by atoms with E-state index in [-0.39, 0.29) is 5.56 Å². The summed E-state index contributed by atoms with van der Waals surface area (Å²) >= 11 is 0. The van der Waals surface area contributed by atoms with E-state index in [9.17, 15) is 31.1 Å². The number of amides is 1. The van der Waals surface area contributed by atoms with Gasteiger partial charge in [0.15, 0.2) is 0 Å². The predicted molar refractivity (Wildman–Crippen MR) is 50.7 cm³/mol. The van der Waals surface area contributed by atoms with Gasteiger partial charge in [-0.05, 0) is 18.2 Å². The number of alkyl halides is 5. The summed E-state index contributed by atoms with van der Waals surface area (Å²) in [5.41, 5.74) is -1.06. The van der Waals surface area contributed by atoms with Gasteiger partial charge in [0.25, 0.3) is 0 Å². The molecule has 0 aliphatic carbocycles. The fraction of sp³-hybridized carbons (Fsp3) is 0.200. The maximum Gasteiger partial charge on any atom is 0.463 e. The van der Waals surface area contributed by atoms with Crippen LogP contribution in [0.2, 0.25) is 0 Å². The van der Waals surface area contributed by atoms with E-state index < -0.39 is 29.5 Å². The van der Waals surface area contributed by atoms with Gasteiger partial charge >= 0.3 is 18.0 Å². The van der Waals surface area contributed by atoms with Crippen LogP contribution in [0.4, 0.5) is 32.0 Å². The highest BCUT2D eigenvalue weighted by atomic mass is 19.4. The Morgan fingerprint density at radius 3 is 2.21 bits per heavy atom. The van der Waals surface area contributed by atoms with Crippen molar-refractivity contribution in [3.05, 3.63) is 29.6 Å². The highest BCUT2D eigenvalue weighted by Crippen LogP contribution is 2.36. The second-order valence-electron chi connectivity index (χ2n) is 3.33. The monoisotopic (exact) mass is 282 g/mol. The highest BCUT2D eigenvalue weighted by Gasteiger charge is 2.63. The molecule has 1 N–H and O–H groups in total. The number of carbonyl (C=O) groups excluding carboxylic acids is 1. The minimum Gasteiger partial charge on any atom is -0.318 e. The summed E-state index contributed by atoms with van der Waals surface area (Å²) in [6, 6.07) is 3.76. The summed E-state index contributed by atoms with van der Waals surface area (Å²) < 4.78 is 73.9. The average molecular weight is 282 g/mol. The van der Waals surface area contributed by atoms with Crippen LogP contribution in [0.5, 0.6) is 0 Å². The van der Waals surface area contributed by atoms with Gasteiger partial charge in [-0.1, -0.05) is 0 Å². The molecule has 0 atom stereocenters. The second-order valence-corrected chi connectivity index (χ2v) is 3.33. The Balaban J connectivity index is 2.99. The molecule has 1 rings (SSSR count). The largest absolute Gasteiger partial charge is 0.463 e. The molecule has 0 aliphatic rings. The van der Waals surface area contributed by atoms with E-state index in [2.05, 4.69) is 0 Å². The molecule has 1 aromatic rings. The minimum absolute atomic E-state index is 0.182. The Hall–Kier alpha value is -2.24. The molecule has 0 fully saturated rings. The van der Waals surface area contributed by atoms with Crippen LogP contribution >= 0.6 is 0 Å². The zero-order valence-electron chi connectivity index (χ0n) is 8.86. The van der Waals surface area contributed by atoms with Gasteiger partial charge in [-0.2, -0.15) is 27.2 Å². The lowest BCUT2D eigenvalue weighted by Crippen LogP contribution is -2.47. The zero-order valence-corrected chi connectivity index (χ0v) is 8.86. The third-order valence-electron chi connectivity index (χ3n) is 1.99. The highest BCUT2D eigenvalue weighted by molar-refractivity contribution is 5.96. The first-order valence-electron chi connectivity index (χ1n) is 4.55. The number of hydrogen-bond acceptors (Lipinski definition) is 2. The van der Waals surface area contributed by atoms with Gasteiger partial charge in [0, 0.05) is 0 Å². The molecule has 102 valence electrons. The molecule has 0 heterocycles. The number of nitriles is 1. The molecule has 0 radical (unpaired) electrons. The SMILES string of the molecule is N#Cc1ccc(NC(=O)C(F)(F)C(F)(F)F)c(F)c1. The first kappa shape index (κ1) is 14.8. The van der Waals surface area contributed by atoms with Crippen molar-refractivity contribution < 1.29 is 31.1 Å². The maximum absolute atomic E-state index is 13.2. The van der Waals surface area contributed by atoms with Crippen molar-refractivity contribution in [3.8, 4) is 6.07 Å². The number of carbonyl (C=O) groups is 1. The third-order valence-corrected chi connectivity index (χ3v) is 1.99. The van der Waals surface area contributed by atoms with Gasteiger partial charge < -0.3 is 5.32 Å². The molecule has 0 saturated carbocycles. The van der Waals surface area contributed by atoms with Crippen molar-refractivity contribution in [1.29, 1.82) is 5.26 Å². The Kier molecular flexibility index (Phi) is 3.74. The Morgan fingerprint density at radius 1 is 1.21 bits per heavy atom. The van der Waals surface area contributed by atoms with E-state index in [0.29, 0.717) is 12.1 Å². The first-order valence-corrected chi connectivity index (χ1v) is 4.55. The van der Waals surface area contributed by atoms with Crippen molar-refractivity contribution in [2.45, 2.75) is 12.1 Å². The lowest BCUT2D eigenvalue weighted by Gasteiger charge is -2.18. The van der Waals surface area contributed by atoms with Crippen LogP contribution in [0.15, 0.2) is 18.2 Å². The van der Waals surface area contributed by atoms with Gasteiger partial charge in [0.05, 0.1) is 17.3 Å². The quantitative estimate of drug-likeness (QED) is 0.848. The molecule has 0 bridgehead atoms. The number of halogens is 6. The van der Waals surface area contributed by atoms with Crippen LogP contribution in [-0.2, 0) is 4.79 Å². The molecule has 0 spiro atoms. The summed E-state index contributed by atoms with van der Waals surface area (Å²) in [5.74, 6) is -9.65. The first-order chi connectivity index (χ1) is 8.59. The molecule has 1 amide bonds. The lowest BCUT2D eigenvalue weighted by atomic mass is 10.2. The van der Waals surface area contributed by atoms with Crippen LogP contribution in [-0.4, -0.2) is 18.0 Å². The smallest absolute Gasteiger partial charge is 0.318 e. The van der Waals surface area contributed by atoms with E-state index in [0.717, 1.165) is 11.4 Å². The van der Waals surface area contributed by atoms with E-state index >= 15 is 0 Å². The number of benzene rings is 1. The van der Waals surface area contributed by atoms with Crippen molar-refractivity contribution in [1.82, 2.24) is 0 Å². The third kappa shape index (κ3) is 2.96. The Labute approximate surface area is 102 Å². The molecule has 0 saturated heterocycles. The van der Waals surface area contributed by atoms with Crippen molar-refractivity contribution >= 4 is 11.6 Å². The molecule has 0 unspecified atom stereocenters. The molecular weight excluding hydrogens is 278 g/mol. The minimum atomic E-state index is -6.08. The topological polar surface area (TPSA) is 52.9 Å². The van der Waals surface area contributed by atoms with Crippen LogP contribution in [0.3, 0.4) is 0 Å². The van der Waals surface area contributed by atoms with Gasteiger partial charge in [0.2, 0.25) is 0 Å². The summed E-state index contributed by atoms with van der Waals surface area (Å²) in [6.45, 7) is 0. The van der Waals surface area contributed by atoms with Gasteiger partial charge in [0.1, 0.15) is 5.82 Å². The summed E-state index contributed by atoms with van der Waals surface area (Å²) in [4.78, 5) is 10.8. The molecule has 1 aromatic carbocycles. The second kappa shape index (κ2) is 4.79. The number of nitrogens with one attached hydrogen (secondary N) is 1. The lowest BCUT2D eigenvalue weighted by molar-refractivity contribution is -0.267. The van der Waals surface area contributed by atoms with Crippen LogP contribution in [0.1, 0.15) is 5.56 Å². The van der Waals surface area contributed by atoms with Gasteiger partial charge in [-0.25, -0.2) is 4.39 Å². The Bertz CT molecular complexity index is 546. The van der Waals surface area contributed by atoms with Crippen LogP contribution in [0, 0.1) is 17.1 Å². The van der Waals surface area contributed by atoms with Crippen molar-refractivity contribution in [3.63, 3.8) is 0 Å². The Morgan fingerprint density at radius 2 is 1.79 bits per heavy atom. The van der Waals surface area contributed by atoms with E-state index in [1.165, 1.54) is 6.07 Å². The predicted octanol–water partition coefficient (Wildman–Crippen LogP) is 2.83. The van der Waals surface area contributed by atoms with Gasteiger partial charge in [-0.3, -0.25) is 4.79 Å². The number of anilines is 1. The van der Waals surface area contributed by atoms with E-state index in [1.54, 1.807) is 0 Å². The number of hydrogen-bond donors (Lipinski definition) is 1. The van der Waals surface area contributed by atoms with E-state index in [1.807, 2.05) is 0 Å². The zero-order chi connectivity index (χ0) is 14.8. The molecule has 19 heavy (non-hydrogen) atoms. The molecule has 9 heteroatoms. The van der Waals surface area contributed by atoms with Gasteiger partial charge in [-0.15, -0.1) is 0 Å².